The van der Waals surface area contributed by atoms with Gasteiger partial charge in [-0.15, -0.1) is 0 Å². The first-order valence-corrected chi connectivity index (χ1v) is 8.59. The summed E-state index contributed by atoms with van der Waals surface area (Å²) in [5.41, 5.74) is 1.41. The molecule has 132 valence electrons. The number of carbonyl (C=O) groups is 1. The fourth-order valence-electron chi connectivity index (χ4n) is 3.04. The summed E-state index contributed by atoms with van der Waals surface area (Å²) in [6.07, 6.45) is 2.00. The molecule has 25 heavy (non-hydrogen) atoms. The van der Waals surface area contributed by atoms with E-state index in [4.69, 9.17) is 0 Å². The number of rotatable bonds is 3. The van der Waals surface area contributed by atoms with Crippen LogP contribution in [-0.4, -0.2) is 28.9 Å². The lowest BCUT2D eigenvalue weighted by atomic mass is 9.99. The molecule has 1 fully saturated rings. The average molecular weight is 344 g/mol. The lowest BCUT2D eigenvalue weighted by molar-refractivity contribution is 0.0175. The van der Waals surface area contributed by atoms with Crippen molar-refractivity contribution in [3.05, 3.63) is 53.7 Å². The number of carbonyl (C=O) groups excluding carboxylic acids is 1. The minimum atomic E-state index is -2.91. The number of benzene rings is 1. The third-order valence-electron chi connectivity index (χ3n) is 4.70. The molecule has 0 bridgehead atoms. The molecular formula is C20H22F2N2O. The van der Waals surface area contributed by atoms with E-state index in [1.807, 2.05) is 4.90 Å². The van der Waals surface area contributed by atoms with Crippen molar-refractivity contribution in [2.24, 2.45) is 5.92 Å². The predicted molar refractivity (Wildman–Crippen MR) is 93.5 cm³/mol. The van der Waals surface area contributed by atoms with Crippen molar-refractivity contribution < 1.29 is 13.6 Å². The Balaban J connectivity index is 1.86. The number of aromatic nitrogens is 1. The molecule has 0 N–H and O–H groups in total. The van der Waals surface area contributed by atoms with Crippen LogP contribution in [0.15, 0.2) is 42.5 Å². The van der Waals surface area contributed by atoms with Gasteiger partial charge in [-0.05, 0) is 37.0 Å². The number of halogens is 2. The van der Waals surface area contributed by atoms with Gasteiger partial charge in [-0.1, -0.05) is 31.2 Å². The van der Waals surface area contributed by atoms with Crippen LogP contribution in [0, 0.1) is 5.92 Å². The number of piperidine rings is 1. The van der Waals surface area contributed by atoms with Crippen molar-refractivity contribution in [3.8, 4) is 11.3 Å². The van der Waals surface area contributed by atoms with Gasteiger partial charge in [-0.25, -0.2) is 13.8 Å². The van der Waals surface area contributed by atoms with Crippen LogP contribution in [0.5, 0.6) is 0 Å². The highest BCUT2D eigenvalue weighted by atomic mass is 19.3. The van der Waals surface area contributed by atoms with Crippen LogP contribution in [0.3, 0.4) is 0 Å². The van der Waals surface area contributed by atoms with E-state index in [-0.39, 0.29) is 11.5 Å². The summed E-state index contributed by atoms with van der Waals surface area (Å²) in [5.74, 6) is -2.36. The second-order valence-electron chi connectivity index (χ2n) is 6.85. The van der Waals surface area contributed by atoms with Crippen molar-refractivity contribution in [2.75, 3.05) is 13.1 Å². The number of likely N-dealkylation sites (tertiary alicyclic amines) is 1. The Labute approximate surface area is 146 Å². The van der Waals surface area contributed by atoms with E-state index >= 15 is 0 Å². The highest BCUT2D eigenvalue weighted by Gasteiger charge is 2.25. The monoisotopic (exact) mass is 344 g/mol. The molecule has 0 aliphatic carbocycles. The van der Waals surface area contributed by atoms with Gasteiger partial charge in [0.05, 0.1) is 5.69 Å². The average Bonchev–Trinajstić information content (AvgIpc) is 2.61. The number of nitrogens with zero attached hydrogens (tertiary/aromatic N) is 2. The first kappa shape index (κ1) is 17.5. The molecule has 0 unspecified atom stereocenters. The number of hydrogen-bond acceptors (Lipinski definition) is 2. The summed E-state index contributed by atoms with van der Waals surface area (Å²) >= 11 is 0. The lowest BCUT2D eigenvalue weighted by Gasteiger charge is -2.30. The van der Waals surface area contributed by atoms with Crippen LogP contribution >= 0.6 is 0 Å². The smallest absolute Gasteiger partial charge is 0.272 e. The summed E-state index contributed by atoms with van der Waals surface area (Å²) in [7, 11) is 0. The molecular weight excluding hydrogens is 322 g/mol. The minimum Gasteiger partial charge on any atom is -0.337 e. The van der Waals surface area contributed by atoms with Gasteiger partial charge in [-0.2, -0.15) is 0 Å². The van der Waals surface area contributed by atoms with Crippen LogP contribution in [0.1, 0.15) is 42.7 Å². The Morgan fingerprint density at radius 3 is 2.52 bits per heavy atom. The summed E-state index contributed by atoms with van der Waals surface area (Å²) < 4.78 is 27.1. The van der Waals surface area contributed by atoms with Gasteiger partial charge in [0.1, 0.15) is 5.69 Å². The zero-order chi connectivity index (χ0) is 18.0. The van der Waals surface area contributed by atoms with E-state index in [9.17, 15) is 13.6 Å². The van der Waals surface area contributed by atoms with Crippen molar-refractivity contribution in [1.82, 2.24) is 9.88 Å². The Morgan fingerprint density at radius 1 is 1.16 bits per heavy atom. The van der Waals surface area contributed by atoms with Crippen molar-refractivity contribution in [2.45, 2.75) is 32.6 Å². The van der Waals surface area contributed by atoms with E-state index in [0.717, 1.165) is 32.9 Å². The molecule has 2 heterocycles. The van der Waals surface area contributed by atoms with E-state index in [2.05, 4.69) is 11.9 Å². The van der Waals surface area contributed by atoms with Gasteiger partial charge in [0.15, 0.2) is 0 Å². The summed E-state index contributed by atoms with van der Waals surface area (Å²) in [6, 6.07) is 11.3. The highest BCUT2D eigenvalue weighted by molar-refractivity contribution is 5.93. The van der Waals surface area contributed by atoms with Crippen LogP contribution in [0.25, 0.3) is 11.3 Å². The van der Waals surface area contributed by atoms with E-state index in [0.29, 0.717) is 22.9 Å². The first-order valence-electron chi connectivity index (χ1n) is 8.59. The largest absolute Gasteiger partial charge is 0.337 e. The van der Waals surface area contributed by atoms with Crippen LogP contribution in [0.4, 0.5) is 8.78 Å². The minimum absolute atomic E-state index is 0.0615. The van der Waals surface area contributed by atoms with Gasteiger partial charge >= 0.3 is 0 Å². The van der Waals surface area contributed by atoms with Gasteiger partial charge in [0.25, 0.3) is 11.8 Å². The summed E-state index contributed by atoms with van der Waals surface area (Å²) in [5, 5.41) is 0. The molecule has 0 saturated carbocycles. The molecule has 1 saturated heterocycles. The molecule has 0 radical (unpaired) electrons. The highest BCUT2D eigenvalue weighted by Crippen LogP contribution is 2.30. The number of amides is 1. The fraction of sp³-hybridized carbons (Fsp3) is 0.400. The molecule has 0 atom stereocenters. The fourth-order valence-corrected chi connectivity index (χ4v) is 3.04. The van der Waals surface area contributed by atoms with E-state index < -0.39 is 5.92 Å². The van der Waals surface area contributed by atoms with Gasteiger partial charge in [0.2, 0.25) is 0 Å². The van der Waals surface area contributed by atoms with Gasteiger partial charge < -0.3 is 4.90 Å². The summed E-state index contributed by atoms with van der Waals surface area (Å²) in [6.45, 7) is 4.54. The molecule has 2 aromatic rings. The standard InChI is InChI=1S/C20H22F2N2O/c1-14-9-11-24(12-10-14)19(25)18-8-4-7-17(23-18)15-5-3-6-16(13-15)20(2,21)22/h3-8,13-14H,9-12H2,1-2H3. The lowest BCUT2D eigenvalue weighted by Crippen LogP contribution is -2.38. The SMILES string of the molecule is CC1CCN(C(=O)c2cccc(-c3cccc(C(C)(F)F)c3)n2)CC1. The van der Waals surface area contributed by atoms with E-state index in [1.54, 1.807) is 30.3 Å². The molecule has 0 spiro atoms. The van der Waals surface area contributed by atoms with Crippen LogP contribution in [-0.2, 0) is 5.92 Å². The number of pyridine rings is 1. The number of hydrogen-bond donors (Lipinski definition) is 0. The van der Waals surface area contributed by atoms with Gasteiger partial charge in [0, 0.05) is 31.1 Å². The maximum atomic E-state index is 13.6. The molecule has 1 aliphatic rings. The zero-order valence-electron chi connectivity index (χ0n) is 14.5. The second kappa shape index (κ2) is 6.90. The van der Waals surface area contributed by atoms with E-state index in [1.165, 1.54) is 12.1 Å². The number of alkyl halides is 2. The van der Waals surface area contributed by atoms with Crippen LogP contribution < -0.4 is 0 Å². The molecule has 1 aliphatic heterocycles. The quantitative estimate of drug-likeness (QED) is 0.806. The third kappa shape index (κ3) is 4.03. The molecule has 5 heteroatoms. The molecule has 3 nitrogen and oxygen atoms in total. The Kier molecular flexibility index (Phi) is 4.84. The first-order chi connectivity index (χ1) is 11.8. The summed E-state index contributed by atoms with van der Waals surface area (Å²) in [4.78, 5) is 18.9. The maximum Gasteiger partial charge on any atom is 0.272 e. The normalized spacial score (nSPS) is 16.1. The van der Waals surface area contributed by atoms with Crippen molar-refractivity contribution in [1.29, 1.82) is 0 Å². The predicted octanol–water partition coefficient (Wildman–Crippen LogP) is 4.73. The zero-order valence-corrected chi connectivity index (χ0v) is 14.5. The Hall–Kier alpha value is -2.30. The Morgan fingerprint density at radius 2 is 1.84 bits per heavy atom. The molecule has 1 aromatic heterocycles. The van der Waals surface area contributed by atoms with Gasteiger partial charge in [-0.3, -0.25) is 4.79 Å². The Bertz CT molecular complexity index is 762. The molecule has 3 rings (SSSR count). The van der Waals surface area contributed by atoms with Crippen molar-refractivity contribution in [3.63, 3.8) is 0 Å². The second-order valence-corrected chi connectivity index (χ2v) is 6.85. The third-order valence-corrected chi connectivity index (χ3v) is 4.70. The maximum absolute atomic E-state index is 13.6. The van der Waals surface area contributed by atoms with Crippen molar-refractivity contribution >= 4 is 5.91 Å². The topological polar surface area (TPSA) is 33.2 Å². The molecule has 1 aromatic carbocycles. The molecule has 1 amide bonds. The van der Waals surface area contributed by atoms with Crippen LogP contribution in [0.2, 0.25) is 0 Å².